The number of amides is 2. The first-order valence-electron chi connectivity index (χ1n) is 9.89. The summed E-state index contributed by atoms with van der Waals surface area (Å²) < 4.78 is 21.0. The first-order chi connectivity index (χ1) is 14.5. The summed E-state index contributed by atoms with van der Waals surface area (Å²) in [5.41, 5.74) is 1.07. The van der Waals surface area contributed by atoms with Gasteiger partial charge in [-0.05, 0) is 37.5 Å². The maximum atomic E-state index is 12.7. The molecule has 0 saturated carbocycles. The quantitative estimate of drug-likeness (QED) is 0.650. The molecule has 9 heteroatoms. The fourth-order valence-corrected chi connectivity index (χ4v) is 3.42. The molecule has 2 N–H and O–H groups in total. The first kappa shape index (κ1) is 21.6. The van der Waals surface area contributed by atoms with Gasteiger partial charge in [0.1, 0.15) is 12.4 Å². The van der Waals surface area contributed by atoms with Crippen molar-refractivity contribution in [2.75, 3.05) is 33.5 Å². The maximum Gasteiger partial charge on any atom is 0.338 e. The van der Waals surface area contributed by atoms with E-state index in [9.17, 15) is 14.4 Å². The third-order valence-corrected chi connectivity index (χ3v) is 5.01. The zero-order valence-electron chi connectivity index (χ0n) is 17.1. The lowest BCUT2D eigenvalue weighted by molar-refractivity contribution is -0.151. The number of ether oxygens (including phenoxy) is 4. The Balaban J connectivity index is 1.86. The minimum atomic E-state index is -0.750. The number of nitrogens with one attached hydrogen (secondary N) is 2. The van der Waals surface area contributed by atoms with Crippen molar-refractivity contribution in [3.8, 4) is 5.75 Å². The van der Waals surface area contributed by atoms with Gasteiger partial charge < -0.3 is 29.6 Å². The van der Waals surface area contributed by atoms with Gasteiger partial charge in [-0.1, -0.05) is 12.1 Å². The van der Waals surface area contributed by atoms with Crippen molar-refractivity contribution in [1.82, 2.24) is 10.6 Å². The highest BCUT2D eigenvalue weighted by Crippen LogP contribution is 2.29. The standard InChI is InChI=1S/C21H26N2O7/c1-3-29-20(25)17-16(12-30-19(24)14-8-10-28-11-9-14)22-21(26)23-18(17)13-4-6-15(27-2)7-5-13/h4-7,14,18H,3,8-12H2,1-2H3,(H2,22,23,26). The van der Waals surface area contributed by atoms with E-state index in [1.165, 1.54) is 0 Å². The van der Waals surface area contributed by atoms with E-state index < -0.39 is 18.0 Å². The molecule has 2 heterocycles. The minimum absolute atomic E-state index is 0.167. The Bertz CT molecular complexity index is 813. The number of benzene rings is 1. The molecule has 0 spiro atoms. The van der Waals surface area contributed by atoms with Gasteiger partial charge in [0.2, 0.25) is 0 Å². The lowest BCUT2D eigenvalue weighted by Gasteiger charge is -2.29. The summed E-state index contributed by atoms with van der Waals surface area (Å²) >= 11 is 0. The number of carbonyl (C=O) groups is 3. The van der Waals surface area contributed by atoms with Crippen LogP contribution in [0.3, 0.4) is 0 Å². The molecule has 1 saturated heterocycles. The van der Waals surface area contributed by atoms with Crippen LogP contribution >= 0.6 is 0 Å². The van der Waals surface area contributed by atoms with E-state index in [0.717, 1.165) is 0 Å². The summed E-state index contributed by atoms with van der Waals surface area (Å²) in [5, 5.41) is 5.32. The van der Waals surface area contributed by atoms with Crippen molar-refractivity contribution in [1.29, 1.82) is 0 Å². The van der Waals surface area contributed by atoms with Gasteiger partial charge in [0, 0.05) is 13.2 Å². The topological polar surface area (TPSA) is 112 Å². The molecule has 30 heavy (non-hydrogen) atoms. The van der Waals surface area contributed by atoms with Crippen LogP contribution in [0, 0.1) is 5.92 Å². The smallest absolute Gasteiger partial charge is 0.338 e. The van der Waals surface area contributed by atoms with Crippen molar-refractivity contribution in [3.05, 3.63) is 41.1 Å². The van der Waals surface area contributed by atoms with E-state index in [1.54, 1.807) is 38.3 Å². The van der Waals surface area contributed by atoms with Crippen molar-refractivity contribution < 1.29 is 33.3 Å². The van der Waals surface area contributed by atoms with Crippen LogP contribution in [0.5, 0.6) is 5.75 Å². The average Bonchev–Trinajstić information content (AvgIpc) is 2.77. The van der Waals surface area contributed by atoms with Crippen LogP contribution in [-0.4, -0.2) is 51.5 Å². The molecule has 2 aliphatic heterocycles. The molecular formula is C21H26N2O7. The molecule has 0 radical (unpaired) electrons. The molecule has 0 aromatic heterocycles. The fourth-order valence-electron chi connectivity index (χ4n) is 3.42. The molecule has 2 aliphatic rings. The monoisotopic (exact) mass is 418 g/mol. The van der Waals surface area contributed by atoms with E-state index in [4.69, 9.17) is 18.9 Å². The zero-order chi connectivity index (χ0) is 21.5. The van der Waals surface area contributed by atoms with Crippen LogP contribution in [0.15, 0.2) is 35.5 Å². The van der Waals surface area contributed by atoms with Crippen molar-refractivity contribution in [2.45, 2.75) is 25.8 Å². The molecule has 1 atom stereocenters. The number of rotatable bonds is 7. The van der Waals surface area contributed by atoms with E-state index in [1.807, 2.05) is 0 Å². The van der Waals surface area contributed by atoms with E-state index in [2.05, 4.69) is 10.6 Å². The van der Waals surface area contributed by atoms with Crippen LogP contribution in [-0.2, 0) is 23.8 Å². The van der Waals surface area contributed by atoms with E-state index in [-0.39, 0.29) is 36.4 Å². The molecule has 1 unspecified atom stereocenters. The number of esters is 2. The molecule has 162 valence electrons. The van der Waals surface area contributed by atoms with Crippen LogP contribution in [0.25, 0.3) is 0 Å². The van der Waals surface area contributed by atoms with Crippen molar-refractivity contribution in [2.24, 2.45) is 5.92 Å². The van der Waals surface area contributed by atoms with Crippen LogP contribution in [0.4, 0.5) is 4.79 Å². The minimum Gasteiger partial charge on any atom is -0.497 e. The second-order valence-electron chi connectivity index (χ2n) is 6.91. The van der Waals surface area contributed by atoms with Gasteiger partial charge in [-0.15, -0.1) is 0 Å². The lowest BCUT2D eigenvalue weighted by Crippen LogP contribution is -2.47. The Morgan fingerprint density at radius 3 is 2.47 bits per heavy atom. The molecular weight excluding hydrogens is 392 g/mol. The SMILES string of the molecule is CCOC(=O)C1=C(COC(=O)C2CCOCC2)NC(=O)NC1c1ccc(OC)cc1. The second-order valence-corrected chi connectivity index (χ2v) is 6.91. The highest BCUT2D eigenvalue weighted by atomic mass is 16.5. The summed E-state index contributed by atoms with van der Waals surface area (Å²) in [6.45, 7) is 2.65. The van der Waals surface area contributed by atoms with Gasteiger partial charge in [-0.2, -0.15) is 0 Å². The summed E-state index contributed by atoms with van der Waals surface area (Å²) in [4.78, 5) is 37.4. The van der Waals surface area contributed by atoms with Crippen LogP contribution in [0.2, 0.25) is 0 Å². The van der Waals surface area contributed by atoms with E-state index in [0.29, 0.717) is 37.4 Å². The third-order valence-electron chi connectivity index (χ3n) is 5.01. The van der Waals surface area contributed by atoms with Crippen molar-refractivity contribution >= 4 is 18.0 Å². The lowest BCUT2D eigenvalue weighted by atomic mass is 9.95. The highest BCUT2D eigenvalue weighted by molar-refractivity contribution is 5.95. The zero-order valence-corrected chi connectivity index (χ0v) is 17.1. The Kier molecular flexibility index (Phi) is 7.29. The predicted molar refractivity (Wildman–Crippen MR) is 106 cm³/mol. The van der Waals surface area contributed by atoms with Crippen LogP contribution in [0.1, 0.15) is 31.4 Å². The molecule has 1 aromatic rings. The number of carbonyl (C=O) groups excluding carboxylic acids is 3. The third kappa shape index (κ3) is 5.10. The Hall–Kier alpha value is -3.07. The fraction of sp³-hybridized carbons (Fsp3) is 0.476. The van der Waals surface area contributed by atoms with Gasteiger partial charge in [0.15, 0.2) is 0 Å². The predicted octanol–water partition coefficient (Wildman–Crippen LogP) is 1.84. The summed E-state index contributed by atoms with van der Waals surface area (Å²) in [6, 6.07) is 5.72. The van der Waals surface area contributed by atoms with E-state index >= 15 is 0 Å². The molecule has 9 nitrogen and oxygen atoms in total. The Morgan fingerprint density at radius 2 is 1.83 bits per heavy atom. The summed E-state index contributed by atoms with van der Waals surface area (Å²) in [7, 11) is 1.55. The number of hydrogen-bond donors (Lipinski definition) is 2. The summed E-state index contributed by atoms with van der Waals surface area (Å²) in [5.74, 6) is -0.572. The van der Waals surface area contributed by atoms with Gasteiger partial charge in [-0.25, -0.2) is 9.59 Å². The first-order valence-corrected chi connectivity index (χ1v) is 9.89. The largest absolute Gasteiger partial charge is 0.497 e. The Morgan fingerprint density at radius 1 is 1.13 bits per heavy atom. The summed E-state index contributed by atoms with van der Waals surface area (Å²) in [6.07, 6.45) is 1.18. The number of urea groups is 1. The average molecular weight is 418 g/mol. The molecule has 2 amide bonds. The van der Waals surface area contributed by atoms with Gasteiger partial charge in [0.25, 0.3) is 0 Å². The molecule has 0 aliphatic carbocycles. The van der Waals surface area contributed by atoms with Crippen LogP contribution < -0.4 is 15.4 Å². The van der Waals surface area contributed by atoms with Crippen molar-refractivity contribution in [3.63, 3.8) is 0 Å². The van der Waals surface area contributed by atoms with Gasteiger partial charge >= 0.3 is 18.0 Å². The molecule has 1 fully saturated rings. The number of methoxy groups -OCH3 is 1. The van der Waals surface area contributed by atoms with Gasteiger partial charge in [0.05, 0.1) is 36.9 Å². The second kappa shape index (κ2) is 10.1. The number of hydrogen-bond acceptors (Lipinski definition) is 7. The molecule has 3 rings (SSSR count). The molecule has 0 bridgehead atoms. The maximum absolute atomic E-state index is 12.7. The highest BCUT2D eigenvalue weighted by Gasteiger charge is 2.34. The van der Waals surface area contributed by atoms with Gasteiger partial charge in [-0.3, -0.25) is 4.79 Å². The normalized spacial score (nSPS) is 19.5. The molecule has 1 aromatic carbocycles. The Labute approximate surface area is 174 Å².